The van der Waals surface area contributed by atoms with Gasteiger partial charge in [0.25, 0.3) is 0 Å². The van der Waals surface area contributed by atoms with Crippen LogP contribution in [0.15, 0.2) is 308 Å². The van der Waals surface area contributed by atoms with Gasteiger partial charge in [0.2, 0.25) is 0 Å². The fourth-order valence-electron chi connectivity index (χ4n) is 13.0. The molecule has 0 bridgehead atoms. The van der Waals surface area contributed by atoms with Gasteiger partial charge < -0.3 is 48.4 Å². The van der Waals surface area contributed by atoms with E-state index in [0.717, 1.165) is 142 Å². The van der Waals surface area contributed by atoms with E-state index in [9.17, 15) is 4.79 Å². The van der Waals surface area contributed by atoms with Gasteiger partial charge in [0.15, 0.2) is 23.3 Å². The van der Waals surface area contributed by atoms with Crippen molar-refractivity contribution in [3.8, 4) is 57.3 Å². The smallest absolute Gasteiger partial charge is 0.305 e. The largest absolute Gasteiger partial charge is 0.494 e. The number of thioether (sulfide) groups is 1. The van der Waals surface area contributed by atoms with E-state index < -0.39 is 0 Å². The van der Waals surface area contributed by atoms with Crippen molar-refractivity contribution in [1.82, 2.24) is 102 Å². The lowest BCUT2D eigenvalue weighted by Crippen LogP contribution is -2.07. The highest BCUT2D eigenvalue weighted by molar-refractivity contribution is 7.98. The molecule has 710 valence electrons. The average molecular weight is 1870 g/mol. The van der Waals surface area contributed by atoms with Gasteiger partial charge in [0, 0.05) is 53.7 Å². The van der Waals surface area contributed by atoms with Crippen LogP contribution < -0.4 is 43.6 Å². The molecular formula is C105H119N21O10S. The predicted octanol–water partition coefficient (Wildman–Crippen LogP) is 21.1. The molecule has 0 atom stereocenters. The summed E-state index contributed by atoms with van der Waals surface area (Å²) in [4.78, 5) is 30.7. The minimum absolute atomic E-state index is 0. The average Bonchev–Trinajstić information content (AvgIpc) is 1.74. The molecular weight excluding hydrogens is 1750 g/mol. The van der Waals surface area contributed by atoms with E-state index in [0.29, 0.717) is 106 Å². The molecule has 7 aromatic heterocycles. The molecule has 18 rings (SSSR count). The number of pyridine rings is 2. The summed E-state index contributed by atoms with van der Waals surface area (Å²) in [6.45, 7) is 6.22. The number of carbonyl (C=O) groups is 1. The van der Waals surface area contributed by atoms with Gasteiger partial charge in [-0.3, -0.25) is 9.78 Å². The number of fused-ring (bicyclic) bond motifs is 3. The lowest BCUT2D eigenvalue weighted by Gasteiger charge is -2.10. The van der Waals surface area contributed by atoms with Gasteiger partial charge in [-0.1, -0.05) is 210 Å². The molecule has 7 heterocycles. The van der Waals surface area contributed by atoms with Gasteiger partial charge in [0.05, 0.1) is 66.7 Å². The standard InChI is InChI=1S/C22H21N5O2.C21H23N3O4.C20H19N5OS.C20H18N4O.C17H18N4O2.5CH4/c1-2-6-17(7-3-1)21-9-4-8-18(23-21)16-29-20-13-11-19(12-14-20)28-15-5-10-22-24-26-27-25-22;1-2-26-20(25)8-5-13-27-15-9-11-16(12-10-15)28-14-19-21(22)24-18-7-4-3-6-17(18)23-19;1-2-5-19-15(4-1)7-8-16(21-19)14-27-18-11-9-17(10-12-18)26-13-3-6-20-22-24-25-23-20;1-2-4-18-13-16(5-9-17(18)3-1)14-25-19-10-6-15(7-11-19)8-12-20-21-23-24-22-20;1-2-5-14(6-3-1)13-23-16-10-8-15(9-11-16)22-12-4-7-17-18-20-21-19-17;;;;;/h1-4,6-9,11-14H,5,10,15-16H2,(H,24,25,26,27);3-4,6-7,9-12H,2,5,8,13-14H2,1H3,(H2,22,24);1-2,4-5,7-12H,3,6,13-14H2,(H,22,23,24,25);1-7,9-11,13H,8,12,14H2,(H,21,22,23,24);1-3,5-6,8-11H,4,7,12-13H2,(H,18,19,20,21);5*1H4. The Kier molecular flexibility index (Phi) is 44.3. The Morgan fingerprint density at radius 1 is 0.328 bits per heavy atom. The number of benzene rings is 11. The lowest BCUT2D eigenvalue weighted by atomic mass is 10.1. The number of para-hydroxylation sites is 3. The maximum Gasteiger partial charge on any atom is 0.305 e. The van der Waals surface area contributed by atoms with Crippen molar-refractivity contribution < 1.29 is 47.4 Å². The second-order valence-corrected chi connectivity index (χ2v) is 30.5. The van der Waals surface area contributed by atoms with Crippen molar-refractivity contribution in [2.24, 2.45) is 0 Å². The minimum Gasteiger partial charge on any atom is -0.494 e. The van der Waals surface area contributed by atoms with E-state index in [1.807, 2.05) is 218 Å². The summed E-state index contributed by atoms with van der Waals surface area (Å²) in [7, 11) is 0. The molecule has 0 fully saturated rings. The number of nitrogen functional groups attached to an aromatic ring is 1. The summed E-state index contributed by atoms with van der Waals surface area (Å²) >= 11 is 1.77. The quantitative estimate of drug-likeness (QED) is 0.0135. The molecule has 6 N–H and O–H groups in total. The van der Waals surface area contributed by atoms with Crippen molar-refractivity contribution in [3.63, 3.8) is 0 Å². The third-order valence-electron chi connectivity index (χ3n) is 19.8. The number of H-pyrrole nitrogens is 4. The zero-order valence-electron chi connectivity index (χ0n) is 72.7. The van der Waals surface area contributed by atoms with Gasteiger partial charge in [-0.15, -0.1) is 52.6 Å². The van der Waals surface area contributed by atoms with Crippen LogP contribution in [0.25, 0.3) is 44.0 Å². The van der Waals surface area contributed by atoms with Gasteiger partial charge in [-0.2, -0.15) is 20.9 Å². The van der Waals surface area contributed by atoms with Crippen LogP contribution in [0.3, 0.4) is 0 Å². The van der Waals surface area contributed by atoms with Crippen molar-refractivity contribution in [2.45, 2.75) is 145 Å². The zero-order valence-corrected chi connectivity index (χ0v) is 73.5. The number of hydrogen-bond donors (Lipinski definition) is 5. The van der Waals surface area contributed by atoms with Crippen LogP contribution in [0.1, 0.15) is 133 Å². The van der Waals surface area contributed by atoms with E-state index in [1.54, 1.807) is 18.7 Å². The third kappa shape index (κ3) is 35.7. The second-order valence-electron chi connectivity index (χ2n) is 29.5. The highest BCUT2D eigenvalue weighted by Gasteiger charge is 2.13. The Bertz CT molecular complexity index is 6360. The molecule has 0 aliphatic carbocycles. The van der Waals surface area contributed by atoms with Crippen molar-refractivity contribution >= 4 is 56.3 Å². The Balaban J connectivity index is 0.000000190. The van der Waals surface area contributed by atoms with Crippen LogP contribution in [0.2, 0.25) is 0 Å². The molecule has 0 amide bonds. The van der Waals surface area contributed by atoms with E-state index in [4.69, 9.17) is 53.3 Å². The minimum atomic E-state index is -0.203. The summed E-state index contributed by atoms with van der Waals surface area (Å²) < 4.78 is 50.9. The molecule has 0 saturated carbocycles. The fraction of sp³-hybridized carbons (Fsp3) is 0.248. The number of aryl methyl sites for hydroxylation is 5. The van der Waals surface area contributed by atoms with E-state index in [2.05, 4.69) is 182 Å². The molecule has 0 radical (unpaired) electrons. The highest BCUT2D eigenvalue weighted by atomic mass is 32.2. The highest BCUT2D eigenvalue weighted by Crippen LogP contribution is 2.29. The number of nitrogens with two attached hydrogens (primary N) is 1. The number of anilines is 1. The van der Waals surface area contributed by atoms with Crippen molar-refractivity contribution in [3.05, 3.63) is 360 Å². The Morgan fingerprint density at radius 3 is 1.26 bits per heavy atom. The lowest BCUT2D eigenvalue weighted by molar-refractivity contribution is -0.143. The predicted molar refractivity (Wildman–Crippen MR) is 535 cm³/mol. The van der Waals surface area contributed by atoms with Crippen LogP contribution in [-0.4, -0.2) is 141 Å². The first-order valence-corrected chi connectivity index (χ1v) is 44.2. The van der Waals surface area contributed by atoms with E-state index >= 15 is 0 Å². The number of aromatic nitrogens is 20. The second kappa shape index (κ2) is 58.0. The molecule has 18 aromatic rings. The molecule has 32 heteroatoms. The van der Waals surface area contributed by atoms with Gasteiger partial charge in [0.1, 0.15) is 83.9 Å². The first-order chi connectivity index (χ1) is 65.1. The Labute approximate surface area is 803 Å². The zero-order chi connectivity index (χ0) is 90.5. The first-order valence-electron chi connectivity index (χ1n) is 43.2. The maximum absolute atomic E-state index is 11.3. The number of hydrogen-bond acceptors (Lipinski definition) is 28. The third-order valence-corrected chi connectivity index (χ3v) is 20.8. The normalized spacial score (nSPS) is 10.3. The summed E-state index contributed by atoms with van der Waals surface area (Å²) in [6.07, 6.45) is 7.35. The van der Waals surface area contributed by atoms with Crippen LogP contribution in [-0.2, 0) is 73.8 Å². The number of ether oxygens (including phenoxy) is 9. The van der Waals surface area contributed by atoms with Crippen LogP contribution >= 0.6 is 11.8 Å². The van der Waals surface area contributed by atoms with Gasteiger partial charge in [-0.05, 0) is 218 Å². The van der Waals surface area contributed by atoms with Crippen molar-refractivity contribution in [1.29, 1.82) is 0 Å². The van der Waals surface area contributed by atoms with Crippen LogP contribution in [0.4, 0.5) is 5.82 Å². The number of rotatable bonds is 40. The number of carbonyl (C=O) groups excluding carboxylic acids is 1. The molecule has 0 saturated heterocycles. The number of esters is 1. The van der Waals surface area contributed by atoms with Crippen LogP contribution in [0, 0.1) is 0 Å². The topological polar surface area (TPSA) is 396 Å². The monoisotopic (exact) mass is 1870 g/mol. The number of nitrogens with zero attached hydrogens (tertiary/aromatic N) is 16. The molecule has 31 nitrogen and oxygen atoms in total. The number of nitrogens with one attached hydrogen (secondary N) is 4. The molecule has 0 spiro atoms. The van der Waals surface area contributed by atoms with E-state index in [-0.39, 0.29) is 49.7 Å². The van der Waals surface area contributed by atoms with E-state index in [1.165, 1.54) is 32.2 Å². The Hall–Kier alpha value is -16.1. The number of aromatic amines is 4. The SMILES string of the molecule is C.C.C.C.C.CCOC(=O)CCCOc1ccc(OCc2nc3ccccc3nc2N)cc1.c1ccc(-c2cccc(COc3ccc(OCCCc4nn[nH]n4)cc3)n2)cc1.c1ccc(COc2ccc(OCCCc3nn[nH]n3)cc2)cc1.c1ccc2cc(COc3ccc(CCc4nn[nH]n4)cc3)ccc2c1.c1ccc2nc(CSc3ccc(OCCCc4nn[nH]n4)cc3)ccc2c1. The summed E-state index contributed by atoms with van der Waals surface area (Å²) in [5.41, 5.74) is 16.7. The van der Waals surface area contributed by atoms with Crippen molar-refractivity contribution in [2.75, 3.05) is 38.8 Å². The van der Waals surface area contributed by atoms with Gasteiger partial charge in [-0.25, -0.2) is 15.0 Å². The fourth-order valence-corrected chi connectivity index (χ4v) is 13.8. The van der Waals surface area contributed by atoms with Gasteiger partial charge >= 0.3 is 5.97 Å². The maximum atomic E-state index is 11.3. The first kappa shape index (κ1) is 105. The summed E-state index contributed by atoms with van der Waals surface area (Å²) in [5, 5.41) is 59.0. The number of tetrazole rings is 4. The van der Waals surface area contributed by atoms with Crippen LogP contribution in [0.5, 0.6) is 46.0 Å². The Morgan fingerprint density at radius 2 is 0.745 bits per heavy atom. The molecule has 0 unspecified atom stereocenters. The summed E-state index contributed by atoms with van der Waals surface area (Å²) in [5.74, 6) is 10.2. The summed E-state index contributed by atoms with van der Waals surface area (Å²) in [6, 6.07) is 99.8. The molecule has 11 aromatic carbocycles. The molecule has 137 heavy (non-hydrogen) atoms. The molecule has 0 aliphatic rings. The molecule has 0 aliphatic heterocycles.